The molecule has 6 heteroatoms. The van der Waals surface area contributed by atoms with E-state index in [1.807, 2.05) is 13.8 Å². The average molecular weight is 284 g/mol. The number of fused-ring (bicyclic) bond motifs is 3. The van der Waals surface area contributed by atoms with Gasteiger partial charge in [-0.2, -0.15) is 0 Å². The highest BCUT2D eigenvalue weighted by Crippen LogP contribution is 2.46. The molecular weight excluding hydrogens is 268 g/mol. The highest BCUT2D eigenvalue weighted by molar-refractivity contribution is 8.77. The van der Waals surface area contributed by atoms with Crippen LogP contribution in [-0.4, -0.2) is 45.5 Å². The Balaban J connectivity index is 2.22. The summed E-state index contributed by atoms with van der Waals surface area (Å²) in [5.41, 5.74) is 1.78. The van der Waals surface area contributed by atoms with Crippen LogP contribution in [0.5, 0.6) is 0 Å². The summed E-state index contributed by atoms with van der Waals surface area (Å²) >= 11 is 0. The van der Waals surface area contributed by atoms with Gasteiger partial charge in [-0.05, 0) is 13.8 Å². The smallest absolute Gasteiger partial charge is 0.258 e. The topological polar surface area (TPSA) is 40.6 Å². The minimum Gasteiger partial charge on any atom is -0.315 e. The fourth-order valence-corrected chi connectivity index (χ4v) is 4.94. The Morgan fingerprint density at radius 1 is 1.00 bits per heavy atom. The van der Waals surface area contributed by atoms with Gasteiger partial charge >= 0.3 is 0 Å². The molecular formula is C12H16N2O2S2. The number of piperazine rings is 1. The summed E-state index contributed by atoms with van der Waals surface area (Å²) in [7, 11) is 2.93. The molecule has 0 aliphatic carbocycles. The zero-order valence-electron chi connectivity index (χ0n) is 10.5. The third kappa shape index (κ3) is 2.31. The minimum absolute atomic E-state index is 0.00704. The molecule has 0 saturated carbocycles. The summed E-state index contributed by atoms with van der Waals surface area (Å²) in [6, 6.07) is 0. The molecule has 2 unspecified atom stereocenters. The highest BCUT2D eigenvalue weighted by Gasteiger charge is 2.51. The SMILES string of the molecule is C=C(C)CN1C(=O)C2SSC1C(=O)N2CC(=C)C. The summed E-state index contributed by atoms with van der Waals surface area (Å²) in [5, 5.41) is -0.827. The molecule has 3 aliphatic rings. The third-order valence-electron chi connectivity index (χ3n) is 2.67. The van der Waals surface area contributed by atoms with Crippen LogP contribution in [0.25, 0.3) is 0 Å². The second-order valence-corrected chi connectivity index (χ2v) is 7.18. The van der Waals surface area contributed by atoms with E-state index in [0.29, 0.717) is 13.1 Å². The molecule has 3 rings (SSSR count). The average Bonchev–Trinajstić information content (AvgIpc) is 2.26. The Morgan fingerprint density at radius 2 is 1.33 bits per heavy atom. The fraction of sp³-hybridized carbons (Fsp3) is 0.500. The number of hydrogen-bond acceptors (Lipinski definition) is 4. The van der Waals surface area contributed by atoms with Crippen LogP contribution in [0.1, 0.15) is 13.8 Å². The number of nitrogens with zero attached hydrogens (tertiary/aromatic N) is 2. The van der Waals surface area contributed by atoms with Gasteiger partial charge in [0.15, 0.2) is 10.7 Å². The number of amides is 2. The van der Waals surface area contributed by atoms with Gasteiger partial charge in [-0.15, -0.1) is 0 Å². The zero-order chi connectivity index (χ0) is 13.4. The molecule has 3 heterocycles. The molecule has 0 radical (unpaired) electrons. The van der Waals surface area contributed by atoms with E-state index in [-0.39, 0.29) is 11.8 Å². The van der Waals surface area contributed by atoms with E-state index >= 15 is 0 Å². The van der Waals surface area contributed by atoms with Crippen molar-refractivity contribution in [3.05, 3.63) is 24.3 Å². The van der Waals surface area contributed by atoms with Crippen LogP contribution in [0, 0.1) is 0 Å². The van der Waals surface area contributed by atoms with Crippen molar-refractivity contribution < 1.29 is 9.59 Å². The molecule has 98 valence electrons. The van der Waals surface area contributed by atoms with E-state index in [9.17, 15) is 9.59 Å². The first-order chi connectivity index (χ1) is 8.41. The van der Waals surface area contributed by atoms with Gasteiger partial charge in [-0.3, -0.25) is 9.59 Å². The number of carbonyl (C=O) groups is 2. The van der Waals surface area contributed by atoms with Crippen LogP contribution in [0.2, 0.25) is 0 Å². The molecule has 3 aliphatic heterocycles. The maximum atomic E-state index is 12.3. The van der Waals surface area contributed by atoms with Crippen molar-refractivity contribution in [3.8, 4) is 0 Å². The molecule has 0 N–H and O–H groups in total. The van der Waals surface area contributed by atoms with Gasteiger partial charge in [-0.1, -0.05) is 45.9 Å². The van der Waals surface area contributed by atoms with Gasteiger partial charge in [-0.25, -0.2) is 0 Å². The number of rotatable bonds is 4. The van der Waals surface area contributed by atoms with Crippen molar-refractivity contribution in [2.24, 2.45) is 0 Å². The summed E-state index contributed by atoms with van der Waals surface area (Å²) in [6.07, 6.45) is 0. The van der Waals surface area contributed by atoms with Crippen LogP contribution < -0.4 is 0 Å². The Labute approximate surface area is 115 Å². The van der Waals surface area contributed by atoms with Gasteiger partial charge in [0, 0.05) is 13.1 Å². The third-order valence-corrected chi connectivity index (χ3v) is 5.49. The lowest BCUT2D eigenvalue weighted by Crippen LogP contribution is -2.65. The van der Waals surface area contributed by atoms with Crippen LogP contribution in [0.15, 0.2) is 24.3 Å². The largest absolute Gasteiger partial charge is 0.315 e. The van der Waals surface area contributed by atoms with Crippen molar-refractivity contribution in [2.45, 2.75) is 24.6 Å². The molecule has 0 aromatic heterocycles. The van der Waals surface area contributed by atoms with E-state index in [4.69, 9.17) is 0 Å². The standard InChI is InChI=1S/C12H16N2O2S2/c1-7(2)5-13-9(15)12-14(6-8(3)4)10(16)11(13)17-18-12/h11-12H,1,3,5-6H2,2,4H3. The lowest BCUT2D eigenvalue weighted by atomic mass is 10.2. The van der Waals surface area contributed by atoms with Crippen molar-refractivity contribution in [1.82, 2.24) is 9.80 Å². The molecule has 3 saturated heterocycles. The predicted molar refractivity (Wildman–Crippen MR) is 75.8 cm³/mol. The van der Waals surface area contributed by atoms with Crippen LogP contribution in [-0.2, 0) is 9.59 Å². The second-order valence-electron chi connectivity index (χ2n) is 4.74. The van der Waals surface area contributed by atoms with E-state index < -0.39 is 10.7 Å². The summed E-state index contributed by atoms with van der Waals surface area (Å²) in [4.78, 5) is 27.8. The lowest BCUT2D eigenvalue weighted by molar-refractivity contribution is -0.152. The molecule has 0 aromatic rings. The van der Waals surface area contributed by atoms with Gasteiger partial charge < -0.3 is 9.80 Å². The molecule has 2 atom stereocenters. The van der Waals surface area contributed by atoms with Gasteiger partial charge in [0.1, 0.15) is 0 Å². The lowest BCUT2D eigenvalue weighted by Gasteiger charge is -2.48. The first-order valence-electron chi connectivity index (χ1n) is 5.63. The van der Waals surface area contributed by atoms with Crippen molar-refractivity contribution in [1.29, 1.82) is 0 Å². The molecule has 0 aromatic carbocycles. The molecule has 2 amide bonds. The monoisotopic (exact) mass is 284 g/mol. The molecule has 3 fully saturated rings. The van der Waals surface area contributed by atoms with Gasteiger partial charge in [0.25, 0.3) is 11.8 Å². The molecule has 2 bridgehead atoms. The zero-order valence-corrected chi connectivity index (χ0v) is 12.1. The Bertz CT molecular complexity index is 396. The second kappa shape index (κ2) is 5.01. The Kier molecular flexibility index (Phi) is 3.77. The maximum absolute atomic E-state index is 12.3. The Morgan fingerprint density at radius 3 is 1.61 bits per heavy atom. The van der Waals surface area contributed by atoms with Crippen LogP contribution in [0.3, 0.4) is 0 Å². The van der Waals surface area contributed by atoms with Crippen molar-refractivity contribution in [2.75, 3.05) is 13.1 Å². The summed E-state index contributed by atoms with van der Waals surface area (Å²) < 4.78 is 0. The van der Waals surface area contributed by atoms with Gasteiger partial charge in [0.05, 0.1) is 0 Å². The quantitative estimate of drug-likeness (QED) is 0.583. The first-order valence-corrected chi connectivity index (χ1v) is 7.91. The molecule has 4 nitrogen and oxygen atoms in total. The summed E-state index contributed by atoms with van der Waals surface area (Å²) in [6.45, 7) is 12.3. The van der Waals surface area contributed by atoms with Crippen LogP contribution in [0.4, 0.5) is 0 Å². The van der Waals surface area contributed by atoms with E-state index in [0.717, 1.165) is 11.1 Å². The van der Waals surface area contributed by atoms with Crippen molar-refractivity contribution in [3.63, 3.8) is 0 Å². The minimum atomic E-state index is -0.413. The van der Waals surface area contributed by atoms with Crippen LogP contribution >= 0.6 is 21.6 Å². The fourth-order valence-electron chi connectivity index (χ4n) is 1.98. The molecule has 18 heavy (non-hydrogen) atoms. The predicted octanol–water partition coefficient (Wildman–Crippen LogP) is 1.86. The van der Waals surface area contributed by atoms with E-state index in [2.05, 4.69) is 13.2 Å². The van der Waals surface area contributed by atoms with Crippen molar-refractivity contribution >= 4 is 33.4 Å². The summed E-state index contributed by atoms with van der Waals surface area (Å²) in [5.74, 6) is 0.0141. The normalized spacial score (nSPS) is 26.8. The number of carbonyl (C=O) groups excluding carboxylic acids is 2. The van der Waals surface area contributed by atoms with E-state index in [1.165, 1.54) is 21.6 Å². The molecule has 0 spiro atoms. The highest BCUT2D eigenvalue weighted by atomic mass is 33.1. The number of hydrogen-bond donors (Lipinski definition) is 0. The van der Waals surface area contributed by atoms with Gasteiger partial charge in [0.2, 0.25) is 0 Å². The maximum Gasteiger partial charge on any atom is 0.258 e. The Hall–Kier alpha value is -0.880. The van der Waals surface area contributed by atoms with E-state index in [1.54, 1.807) is 9.80 Å². The first kappa shape index (κ1) is 13.5.